The molecule has 1 aromatic heterocycles. The first-order valence-electron chi connectivity index (χ1n) is 9.88. The van der Waals surface area contributed by atoms with E-state index in [1.165, 1.54) is 17.1 Å². The van der Waals surface area contributed by atoms with E-state index in [0.29, 0.717) is 19.8 Å². The van der Waals surface area contributed by atoms with Gasteiger partial charge in [-0.3, -0.25) is 9.69 Å². The molecule has 0 radical (unpaired) electrons. The molecule has 1 spiro atoms. The second kappa shape index (κ2) is 6.69. The van der Waals surface area contributed by atoms with Crippen molar-refractivity contribution in [3.8, 4) is 5.69 Å². The molecule has 2 fully saturated rings. The Hall–Kier alpha value is -2.31. The molecule has 0 aliphatic carbocycles. The first-order chi connectivity index (χ1) is 13.3. The van der Waals surface area contributed by atoms with Gasteiger partial charge in [0.1, 0.15) is 0 Å². The number of para-hydroxylation sites is 2. The fourth-order valence-corrected chi connectivity index (χ4v) is 4.67. The van der Waals surface area contributed by atoms with Gasteiger partial charge >= 0.3 is 0 Å². The van der Waals surface area contributed by atoms with Crippen LogP contribution in [-0.4, -0.2) is 66.2 Å². The first-order valence-corrected chi connectivity index (χ1v) is 9.88. The molecule has 5 rings (SSSR count). The van der Waals surface area contributed by atoms with Crippen molar-refractivity contribution < 1.29 is 9.53 Å². The topological polar surface area (TPSA) is 49.7 Å². The van der Waals surface area contributed by atoms with Gasteiger partial charge in [-0.15, -0.1) is 0 Å². The molecule has 4 heterocycles. The second-order valence-corrected chi connectivity index (χ2v) is 7.76. The number of aromatic nitrogens is 1. The molecule has 142 valence electrons. The van der Waals surface area contributed by atoms with Crippen LogP contribution in [0.5, 0.6) is 0 Å². The molecule has 2 saturated heterocycles. The minimum Gasteiger partial charge on any atom is -0.378 e. The first kappa shape index (κ1) is 16.8. The van der Waals surface area contributed by atoms with Crippen LogP contribution in [0.1, 0.15) is 18.5 Å². The van der Waals surface area contributed by atoms with Crippen molar-refractivity contribution in [3.05, 3.63) is 48.3 Å². The molecule has 27 heavy (non-hydrogen) atoms. The van der Waals surface area contributed by atoms with Crippen LogP contribution >= 0.6 is 0 Å². The number of nitrogens with one attached hydrogen (secondary N) is 1. The van der Waals surface area contributed by atoms with Crippen LogP contribution in [0.15, 0.2) is 42.6 Å². The monoisotopic (exact) mass is 366 g/mol. The lowest BCUT2D eigenvalue weighted by atomic mass is 9.82. The zero-order chi connectivity index (χ0) is 18.3. The number of carbonyl (C=O) groups excluding carboxylic acids is 1. The lowest BCUT2D eigenvalue weighted by Crippen LogP contribution is -2.52. The van der Waals surface area contributed by atoms with Gasteiger partial charge in [-0.1, -0.05) is 12.1 Å². The summed E-state index contributed by atoms with van der Waals surface area (Å²) in [7, 11) is 0. The third kappa shape index (κ3) is 2.93. The molecule has 3 aliphatic heterocycles. The van der Waals surface area contributed by atoms with Gasteiger partial charge in [0.25, 0.3) is 0 Å². The minimum atomic E-state index is -0.0453. The average molecular weight is 366 g/mol. The molecule has 0 saturated carbocycles. The number of hydrogen-bond acceptors (Lipinski definition) is 4. The van der Waals surface area contributed by atoms with Gasteiger partial charge in [-0.05, 0) is 37.1 Å². The maximum atomic E-state index is 12.6. The number of rotatable bonds is 2. The number of hydrogen-bond donors (Lipinski definition) is 1. The number of nitrogens with zero attached hydrogens (tertiary/aromatic N) is 3. The molecule has 2 aromatic rings. The van der Waals surface area contributed by atoms with Crippen LogP contribution in [0.25, 0.3) is 5.69 Å². The van der Waals surface area contributed by atoms with Crippen molar-refractivity contribution in [1.29, 1.82) is 0 Å². The van der Waals surface area contributed by atoms with Crippen molar-refractivity contribution in [2.45, 2.75) is 18.4 Å². The SMILES string of the molecule is O=C(CN1CCC2(CC1)Nc1ccccc1-n1cccc12)N1CCOCC1. The van der Waals surface area contributed by atoms with Crippen molar-refractivity contribution >= 4 is 11.6 Å². The lowest BCUT2D eigenvalue weighted by molar-refractivity contribution is -0.136. The van der Waals surface area contributed by atoms with Gasteiger partial charge in [-0.25, -0.2) is 0 Å². The quantitative estimate of drug-likeness (QED) is 0.884. The summed E-state index contributed by atoms with van der Waals surface area (Å²) in [4.78, 5) is 16.8. The summed E-state index contributed by atoms with van der Waals surface area (Å²) < 4.78 is 7.67. The highest BCUT2D eigenvalue weighted by atomic mass is 16.5. The van der Waals surface area contributed by atoms with Gasteiger partial charge in [0.15, 0.2) is 0 Å². The minimum absolute atomic E-state index is 0.0453. The van der Waals surface area contributed by atoms with Crippen LogP contribution < -0.4 is 5.32 Å². The van der Waals surface area contributed by atoms with Crippen molar-refractivity contribution in [2.75, 3.05) is 51.3 Å². The number of ether oxygens (including phenoxy) is 1. The molecular weight excluding hydrogens is 340 g/mol. The molecular formula is C21H26N4O2. The summed E-state index contributed by atoms with van der Waals surface area (Å²) >= 11 is 0. The molecule has 0 unspecified atom stereocenters. The third-order valence-corrected chi connectivity index (χ3v) is 6.21. The lowest BCUT2D eigenvalue weighted by Gasteiger charge is -2.46. The molecule has 0 bridgehead atoms. The Morgan fingerprint density at radius 3 is 2.63 bits per heavy atom. The molecule has 0 atom stereocenters. The van der Waals surface area contributed by atoms with E-state index < -0.39 is 0 Å². The van der Waals surface area contributed by atoms with E-state index in [9.17, 15) is 4.79 Å². The standard InChI is InChI=1S/C21H26N4O2/c26-20(24-12-14-27-15-13-24)16-23-10-7-21(8-11-23)19-6-3-9-25(19)18-5-2-1-4-17(18)22-21/h1-6,9,22H,7-8,10-16H2. The fourth-order valence-electron chi connectivity index (χ4n) is 4.67. The summed E-state index contributed by atoms with van der Waals surface area (Å²) in [5, 5.41) is 3.83. The van der Waals surface area contributed by atoms with Crippen LogP contribution in [0.2, 0.25) is 0 Å². The Kier molecular flexibility index (Phi) is 4.17. The summed E-state index contributed by atoms with van der Waals surface area (Å²) in [6, 6.07) is 12.9. The Bertz CT molecular complexity index is 832. The van der Waals surface area contributed by atoms with E-state index in [2.05, 4.69) is 57.4 Å². The average Bonchev–Trinajstić information content (AvgIpc) is 3.22. The summed E-state index contributed by atoms with van der Waals surface area (Å²) in [5.41, 5.74) is 3.70. The number of amides is 1. The normalized spacial score (nSPS) is 21.4. The number of morpholine rings is 1. The highest BCUT2D eigenvalue weighted by Crippen LogP contribution is 2.43. The molecule has 1 N–H and O–H groups in total. The van der Waals surface area contributed by atoms with Gasteiger partial charge < -0.3 is 19.5 Å². The molecule has 1 amide bonds. The molecule has 6 nitrogen and oxygen atoms in total. The Labute approximate surface area is 159 Å². The largest absolute Gasteiger partial charge is 0.378 e. The molecule has 3 aliphatic rings. The smallest absolute Gasteiger partial charge is 0.236 e. The van der Waals surface area contributed by atoms with Crippen LogP contribution in [0, 0.1) is 0 Å². The van der Waals surface area contributed by atoms with Gasteiger partial charge in [-0.2, -0.15) is 0 Å². The number of likely N-dealkylation sites (tertiary alicyclic amines) is 1. The number of anilines is 1. The van der Waals surface area contributed by atoms with E-state index in [1.807, 2.05) is 4.90 Å². The number of piperidine rings is 1. The maximum absolute atomic E-state index is 12.6. The van der Waals surface area contributed by atoms with Crippen molar-refractivity contribution in [2.24, 2.45) is 0 Å². The van der Waals surface area contributed by atoms with E-state index in [-0.39, 0.29) is 11.4 Å². The predicted molar refractivity (Wildman–Crippen MR) is 104 cm³/mol. The Morgan fingerprint density at radius 2 is 1.81 bits per heavy atom. The Balaban J connectivity index is 1.30. The number of benzene rings is 1. The van der Waals surface area contributed by atoms with E-state index in [0.717, 1.165) is 39.0 Å². The van der Waals surface area contributed by atoms with Crippen LogP contribution in [0.4, 0.5) is 5.69 Å². The van der Waals surface area contributed by atoms with Crippen LogP contribution in [-0.2, 0) is 15.1 Å². The van der Waals surface area contributed by atoms with Crippen LogP contribution in [0.3, 0.4) is 0 Å². The van der Waals surface area contributed by atoms with E-state index in [4.69, 9.17) is 4.74 Å². The maximum Gasteiger partial charge on any atom is 0.236 e. The Morgan fingerprint density at radius 1 is 1.04 bits per heavy atom. The molecule has 1 aromatic carbocycles. The number of carbonyl (C=O) groups is 1. The zero-order valence-electron chi connectivity index (χ0n) is 15.6. The highest BCUT2D eigenvalue weighted by Gasteiger charge is 2.41. The second-order valence-electron chi connectivity index (χ2n) is 7.76. The van der Waals surface area contributed by atoms with Gasteiger partial charge in [0.2, 0.25) is 5.91 Å². The van der Waals surface area contributed by atoms with Crippen molar-refractivity contribution in [3.63, 3.8) is 0 Å². The van der Waals surface area contributed by atoms with Gasteiger partial charge in [0, 0.05) is 38.1 Å². The molecule has 6 heteroatoms. The number of fused-ring (bicyclic) bond motifs is 4. The summed E-state index contributed by atoms with van der Waals surface area (Å²) in [6.45, 7) is 5.15. The summed E-state index contributed by atoms with van der Waals surface area (Å²) in [6.07, 6.45) is 4.16. The zero-order valence-corrected chi connectivity index (χ0v) is 15.6. The predicted octanol–water partition coefficient (Wildman–Crippen LogP) is 2.05. The van der Waals surface area contributed by atoms with Gasteiger partial charge in [0.05, 0.1) is 36.7 Å². The van der Waals surface area contributed by atoms with E-state index >= 15 is 0 Å². The van der Waals surface area contributed by atoms with E-state index in [1.54, 1.807) is 0 Å². The third-order valence-electron chi connectivity index (χ3n) is 6.21. The summed E-state index contributed by atoms with van der Waals surface area (Å²) in [5.74, 6) is 0.236. The van der Waals surface area contributed by atoms with Crippen molar-refractivity contribution in [1.82, 2.24) is 14.4 Å². The fraction of sp³-hybridized carbons (Fsp3) is 0.476. The highest BCUT2D eigenvalue weighted by molar-refractivity contribution is 5.78.